The van der Waals surface area contributed by atoms with Crippen LogP contribution in [0.4, 0.5) is 0 Å². The predicted molar refractivity (Wildman–Crippen MR) is 37.1 cm³/mol. The Balaban J connectivity index is 2.28. The first-order valence-electron chi connectivity index (χ1n) is 3.41. The van der Waals surface area contributed by atoms with Crippen molar-refractivity contribution in [3.05, 3.63) is 12.2 Å². The molecular formula is C8H9NO. The standard InChI is InChI=1S/C8H9NO/c9-5-1-2-7-3-4-8(10)6-7/h3-4,7H,1-2,6H2. The summed E-state index contributed by atoms with van der Waals surface area (Å²) < 4.78 is 0. The lowest BCUT2D eigenvalue weighted by Crippen LogP contribution is -1.95. The van der Waals surface area contributed by atoms with Crippen LogP contribution < -0.4 is 0 Å². The maximum Gasteiger partial charge on any atom is 0.155 e. The molecule has 52 valence electrons. The summed E-state index contributed by atoms with van der Waals surface area (Å²) in [6.07, 6.45) is 5.52. The molecule has 0 N–H and O–H groups in total. The van der Waals surface area contributed by atoms with E-state index in [2.05, 4.69) is 6.07 Å². The molecule has 0 radical (unpaired) electrons. The topological polar surface area (TPSA) is 40.9 Å². The Morgan fingerprint density at radius 2 is 2.60 bits per heavy atom. The number of nitriles is 1. The number of rotatable bonds is 2. The van der Waals surface area contributed by atoms with Gasteiger partial charge in [0.1, 0.15) is 0 Å². The molecule has 0 saturated heterocycles. The molecule has 1 atom stereocenters. The van der Waals surface area contributed by atoms with E-state index in [1.165, 1.54) is 0 Å². The van der Waals surface area contributed by atoms with Crippen molar-refractivity contribution in [1.29, 1.82) is 5.26 Å². The highest BCUT2D eigenvalue weighted by Crippen LogP contribution is 2.18. The molecule has 0 bridgehead atoms. The third-order valence-electron chi connectivity index (χ3n) is 1.64. The van der Waals surface area contributed by atoms with Crippen LogP contribution in [0.25, 0.3) is 0 Å². The smallest absolute Gasteiger partial charge is 0.155 e. The van der Waals surface area contributed by atoms with Gasteiger partial charge in [-0.2, -0.15) is 5.26 Å². The zero-order valence-electron chi connectivity index (χ0n) is 5.71. The molecule has 0 heterocycles. The van der Waals surface area contributed by atoms with Crippen molar-refractivity contribution in [2.75, 3.05) is 0 Å². The van der Waals surface area contributed by atoms with E-state index in [0.29, 0.717) is 18.8 Å². The van der Waals surface area contributed by atoms with Gasteiger partial charge in [0, 0.05) is 12.8 Å². The first-order chi connectivity index (χ1) is 4.83. The lowest BCUT2D eigenvalue weighted by Gasteiger charge is -1.99. The fraction of sp³-hybridized carbons (Fsp3) is 0.500. The van der Waals surface area contributed by atoms with E-state index in [1.54, 1.807) is 6.08 Å². The molecule has 0 aliphatic heterocycles. The number of carbonyl (C=O) groups excluding carboxylic acids is 1. The monoisotopic (exact) mass is 135 g/mol. The van der Waals surface area contributed by atoms with E-state index in [0.717, 1.165) is 6.42 Å². The van der Waals surface area contributed by atoms with Gasteiger partial charge in [0.05, 0.1) is 6.07 Å². The van der Waals surface area contributed by atoms with Crippen LogP contribution in [0.1, 0.15) is 19.3 Å². The minimum atomic E-state index is 0.197. The summed E-state index contributed by atoms with van der Waals surface area (Å²) in [5.74, 6) is 0.537. The van der Waals surface area contributed by atoms with Gasteiger partial charge < -0.3 is 0 Å². The summed E-state index contributed by atoms with van der Waals surface area (Å²) >= 11 is 0. The first-order valence-corrected chi connectivity index (χ1v) is 3.41. The van der Waals surface area contributed by atoms with Gasteiger partial charge in [-0.25, -0.2) is 0 Å². The van der Waals surface area contributed by atoms with Crippen molar-refractivity contribution in [2.45, 2.75) is 19.3 Å². The number of hydrogen-bond donors (Lipinski definition) is 0. The number of hydrogen-bond acceptors (Lipinski definition) is 2. The lowest BCUT2D eigenvalue weighted by atomic mass is 10.0. The molecule has 2 nitrogen and oxygen atoms in total. The summed E-state index contributed by atoms with van der Waals surface area (Å²) in [5, 5.41) is 8.23. The Hall–Kier alpha value is -1.10. The van der Waals surface area contributed by atoms with E-state index < -0.39 is 0 Å². The highest BCUT2D eigenvalue weighted by atomic mass is 16.1. The maximum absolute atomic E-state index is 10.6. The minimum Gasteiger partial charge on any atom is -0.295 e. The second-order valence-corrected chi connectivity index (χ2v) is 2.49. The first kappa shape index (κ1) is 7.01. The van der Waals surface area contributed by atoms with Crippen LogP contribution in [-0.2, 0) is 4.79 Å². The van der Waals surface area contributed by atoms with Gasteiger partial charge >= 0.3 is 0 Å². The Morgan fingerprint density at radius 3 is 3.10 bits per heavy atom. The van der Waals surface area contributed by atoms with E-state index >= 15 is 0 Å². The molecule has 2 heteroatoms. The second kappa shape index (κ2) is 3.17. The van der Waals surface area contributed by atoms with E-state index in [-0.39, 0.29) is 5.78 Å². The molecule has 10 heavy (non-hydrogen) atoms. The molecule has 0 fully saturated rings. The number of carbonyl (C=O) groups is 1. The summed E-state index contributed by atoms with van der Waals surface area (Å²) in [6, 6.07) is 2.06. The molecule has 1 unspecified atom stereocenters. The van der Waals surface area contributed by atoms with Crippen molar-refractivity contribution in [3.8, 4) is 6.07 Å². The van der Waals surface area contributed by atoms with Crippen LogP contribution in [0.15, 0.2) is 12.2 Å². The molecule has 0 aromatic rings. The van der Waals surface area contributed by atoms with Gasteiger partial charge in [-0.15, -0.1) is 0 Å². The molecule has 1 aliphatic carbocycles. The Morgan fingerprint density at radius 1 is 1.80 bits per heavy atom. The van der Waals surface area contributed by atoms with Gasteiger partial charge in [0.25, 0.3) is 0 Å². The SMILES string of the molecule is N#CCCC1C=CC(=O)C1. The van der Waals surface area contributed by atoms with Gasteiger partial charge in [-0.05, 0) is 18.4 Å². The maximum atomic E-state index is 10.6. The highest BCUT2D eigenvalue weighted by molar-refractivity contribution is 5.92. The zero-order valence-corrected chi connectivity index (χ0v) is 5.71. The Bertz CT molecular complexity index is 200. The number of allylic oxidation sites excluding steroid dienone is 2. The van der Waals surface area contributed by atoms with Crippen LogP contribution in [0.3, 0.4) is 0 Å². The Labute approximate surface area is 60.2 Å². The van der Waals surface area contributed by atoms with Gasteiger partial charge in [-0.3, -0.25) is 4.79 Å². The zero-order chi connectivity index (χ0) is 7.40. The molecule has 1 rings (SSSR count). The summed E-state index contributed by atoms with van der Waals surface area (Å²) in [6.45, 7) is 0. The van der Waals surface area contributed by atoms with Crippen LogP contribution in [0.2, 0.25) is 0 Å². The molecule has 0 saturated carbocycles. The number of ketones is 1. The molecule has 1 aliphatic rings. The molecule has 0 aromatic carbocycles. The normalized spacial score (nSPS) is 23.1. The van der Waals surface area contributed by atoms with Crippen LogP contribution in [0.5, 0.6) is 0 Å². The van der Waals surface area contributed by atoms with Gasteiger partial charge in [-0.1, -0.05) is 6.08 Å². The molecular weight excluding hydrogens is 126 g/mol. The third-order valence-corrected chi connectivity index (χ3v) is 1.64. The molecule has 0 spiro atoms. The van der Waals surface area contributed by atoms with Crippen molar-refractivity contribution in [1.82, 2.24) is 0 Å². The molecule has 0 aromatic heterocycles. The van der Waals surface area contributed by atoms with Gasteiger partial charge in [0.15, 0.2) is 5.78 Å². The summed E-state index contributed by atoms with van der Waals surface area (Å²) in [5.41, 5.74) is 0. The fourth-order valence-corrected chi connectivity index (χ4v) is 1.09. The van der Waals surface area contributed by atoms with Crippen molar-refractivity contribution >= 4 is 5.78 Å². The van der Waals surface area contributed by atoms with Crippen molar-refractivity contribution < 1.29 is 4.79 Å². The van der Waals surface area contributed by atoms with Crippen LogP contribution in [0, 0.1) is 17.2 Å². The van der Waals surface area contributed by atoms with Crippen molar-refractivity contribution in [2.24, 2.45) is 5.92 Å². The van der Waals surface area contributed by atoms with Crippen LogP contribution >= 0.6 is 0 Å². The third kappa shape index (κ3) is 1.70. The minimum absolute atomic E-state index is 0.197. The van der Waals surface area contributed by atoms with Crippen LogP contribution in [-0.4, -0.2) is 5.78 Å². The van der Waals surface area contributed by atoms with E-state index in [4.69, 9.17) is 5.26 Å². The number of nitrogens with zero attached hydrogens (tertiary/aromatic N) is 1. The Kier molecular flexibility index (Phi) is 2.22. The predicted octanol–water partition coefficient (Wildman–Crippen LogP) is 1.44. The molecule has 0 amide bonds. The highest BCUT2D eigenvalue weighted by Gasteiger charge is 2.14. The average Bonchev–Trinajstić information content (AvgIpc) is 2.31. The summed E-state index contributed by atoms with van der Waals surface area (Å²) in [7, 11) is 0. The lowest BCUT2D eigenvalue weighted by molar-refractivity contribution is -0.114. The van der Waals surface area contributed by atoms with Gasteiger partial charge in [0.2, 0.25) is 0 Å². The largest absolute Gasteiger partial charge is 0.295 e. The summed E-state index contributed by atoms with van der Waals surface area (Å²) in [4.78, 5) is 10.6. The quantitative estimate of drug-likeness (QED) is 0.574. The van der Waals surface area contributed by atoms with E-state index in [1.807, 2.05) is 6.08 Å². The second-order valence-electron chi connectivity index (χ2n) is 2.49. The fourth-order valence-electron chi connectivity index (χ4n) is 1.09. The van der Waals surface area contributed by atoms with Crippen molar-refractivity contribution in [3.63, 3.8) is 0 Å². The van der Waals surface area contributed by atoms with E-state index in [9.17, 15) is 4.79 Å². The average molecular weight is 135 g/mol.